The highest BCUT2D eigenvalue weighted by Gasteiger charge is 2.45. The molecule has 0 radical (unpaired) electrons. The number of fused-ring (bicyclic) bond motifs is 1. The molecule has 2 aromatic rings. The molecule has 2 heteroatoms. The molecule has 0 amide bonds. The number of carbonyl (C=O) groups excluding carboxylic acids is 1. The van der Waals surface area contributed by atoms with Gasteiger partial charge in [0, 0.05) is 22.1 Å². The molecule has 0 saturated heterocycles. The van der Waals surface area contributed by atoms with Crippen molar-refractivity contribution in [1.82, 2.24) is 0 Å². The molecule has 1 N–H and O–H groups in total. The molecule has 0 bridgehead atoms. The quantitative estimate of drug-likeness (QED) is 0.402. The second kappa shape index (κ2) is 8.81. The second-order valence-corrected chi connectivity index (χ2v) is 10.8. The number of allylic oxidation sites excluding steroid dienone is 2. The normalized spacial score (nSPS) is 24.4. The van der Waals surface area contributed by atoms with Crippen LogP contribution < -0.4 is 0 Å². The Kier molecular flexibility index (Phi) is 6.21. The molecular weight excluding hydrogens is 404 g/mol. The van der Waals surface area contributed by atoms with Crippen LogP contribution in [0.3, 0.4) is 0 Å². The van der Waals surface area contributed by atoms with Crippen molar-refractivity contribution in [3.05, 3.63) is 87.5 Å². The summed E-state index contributed by atoms with van der Waals surface area (Å²) in [5, 5.41) is 10.7. The van der Waals surface area contributed by atoms with Gasteiger partial charge in [-0.25, -0.2) is 0 Å². The molecule has 4 rings (SSSR count). The minimum absolute atomic E-state index is 0.124. The van der Waals surface area contributed by atoms with Gasteiger partial charge in [0.2, 0.25) is 0 Å². The van der Waals surface area contributed by atoms with Crippen LogP contribution in [0.4, 0.5) is 0 Å². The lowest BCUT2D eigenvalue weighted by molar-refractivity contribution is -0.113. The van der Waals surface area contributed by atoms with E-state index in [2.05, 4.69) is 63.8 Å². The predicted molar refractivity (Wildman–Crippen MR) is 136 cm³/mol. The van der Waals surface area contributed by atoms with E-state index >= 15 is 0 Å². The maximum Gasteiger partial charge on any atom is 0.184 e. The molecule has 1 saturated carbocycles. The van der Waals surface area contributed by atoms with Crippen LogP contribution >= 0.6 is 0 Å². The number of aliphatic hydroxyl groups is 1. The van der Waals surface area contributed by atoms with Crippen LogP contribution in [-0.4, -0.2) is 17.0 Å². The highest BCUT2D eigenvalue weighted by atomic mass is 16.3. The Balaban J connectivity index is 1.53. The van der Waals surface area contributed by atoms with Crippen molar-refractivity contribution < 1.29 is 9.90 Å². The summed E-state index contributed by atoms with van der Waals surface area (Å²) in [7, 11) is 0. The first-order valence-corrected chi connectivity index (χ1v) is 11.9. The Morgan fingerprint density at radius 2 is 1.58 bits per heavy atom. The van der Waals surface area contributed by atoms with E-state index in [0.717, 1.165) is 52.7 Å². The van der Waals surface area contributed by atoms with Gasteiger partial charge < -0.3 is 5.11 Å². The number of rotatable bonds is 1. The van der Waals surface area contributed by atoms with Crippen molar-refractivity contribution in [3.63, 3.8) is 0 Å². The van der Waals surface area contributed by atoms with Gasteiger partial charge >= 0.3 is 0 Å². The Labute approximate surface area is 198 Å². The molecule has 2 nitrogen and oxygen atoms in total. The molecule has 1 fully saturated rings. The number of aliphatic hydroxyl groups excluding tert-OH is 1. The van der Waals surface area contributed by atoms with Gasteiger partial charge in [0.05, 0.1) is 6.10 Å². The smallest absolute Gasteiger partial charge is 0.184 e. The van der Waals surface area contributed by atoms with Gasteiger partial charge in [-0.05, 0) is 85.1 Å². The molecule has 0 unspecified atom stereocenters. The van der Waals surface area contributed by atoms with E-state index in [4.69, 9.17) is 0 Å². The van der Waals surface area contributed by atoms with E-state index < -0.39 is 0 Å². The number of hydrogen-bond donors (Lipinski definition) is 1. The number of hydrogen-bond acceptors (Lipinski definition) is 2. The summed E-state index contributed by atoms with van der Waals surface area (Å²) in [4.78, 5) is 13.0. The van der Waals surface area contributed by atoms with E-state index in [1.165, 1.54) is 5.56 Å². The zero-order valence-corrected chi connectivity index (χ0v) is 20.5. The maximum atomic E-state index is 13.0. The van der Waals surface area contributed by atoms with Crippen LogP contribution in [0.1, 0.15) is 82.6 Å². The summed E-state index contributed by atoms with van der Waals surface area (Å²) in [6.07, 6.45) is 4.89. The summed E-state index contributed by atoms with van der Waals surface area (Å²) in [5.74, 6) is 6.60. The molecule has 2 aliphatic carbocycles. The molecule has 2 aromatic carbocycles. The number of ketones is 1. The van der Waals surface area contributed by atoms with Gasteiger partial charge in [0.15, 0.2) is 5.78 Å². The average molecular weight is 439 g/mol. The van der Waals surface area contributed by atoms with Crippen LogP contribution in [0, 0.1) is 17.3 Å². The molecule has 0 heterocycles. The number of Topliss-reactive ketones (excluding diaryl/α,β-unsaturated/α-hetero) is 1. The van der Waals surface area contributed by atoms with Gasteiger partial charge in [-0.1, -0.05) is 69.4 Å². The standard InChI is InChI=1S/C31H34O2/c1-21-27-7-6-8-28(32)31(27,5)20-25(29(21)33)19-24-13-11-22(12-14-24)9-10-23-15-17-26(18-16-23)30(2,3)4/h11-19,28,32H,6-8,20H2,1-5H3/b25-19+/t28-,31-/m0/s1. The fraction of sp³-hybridized carbons (Fsp3) is 0.387. The highest BCUT2D eigenvalue weighted by molar-refractivity contribution is 6.12. The number of benzene rings is 2. The fourth-order valence-electron chi connectivity index (χ4n) is 5.15. The van der Waals surface area contributed by atoms with Crippen LogP contribution in [0.5, 0.6) is 0 Å². The third-order valence-electron chi connectivity index (χ3n) is 7.33. The summed E-state index contributed by atoms with van der Waals surface area (Å²) >= 11 is 0. The topological polar surface area (TPSA) is 37.3 Å². The monoisotopic (exact) mass is 438 g/mol. The van der Waals surface area contributed by atoms with Gasteiger partial charge in [-0.2, -0.15) is 0 Å². The minimum Gasteiger partial charge on any atom is -0.392 e. The minimum atomic E-state index is -0.386. The molecule has 0 aliphatic heterocycles. The zero-order chi connectivity index (χ0) is 23.8. The SMILES string of the molecule is CC1=C2CCC[C@H](O)[C@@]2(C)C/C(=C\c2ccc(C#Cc3ccc(C(C)(C)C)cc3)cc2)C1=O. The molecule has 2 atom stereocenters. The summed E-state index contributed by atoms with van der Waals surface area (Å²) in [6.45, 7) is 10.7. The average Bonchev–Trinajstić information content (AvgIpc) is 2.78. The van der Waals surface area contributed by atoms with Crippen molar-refractivity contribution in [2.75, 3.05) is 0 Å². The van der Waals surface area contributed by atoms with Crippen molar-refractivity contribution in [2.24, 2.45) is 5.41 Å². The summed E-state index contributed by atoms with van der Waals surface area (Å²) in [5.41, 5.74) is 6.82. The first-order valence-electron chi connectivity index (χ1n) is 11.9. The van der Waals surface area contributed by atoms with Gasteiger partial charge in [0.25, 0.3) is 0 Å². The van der Waals surface area contributed by atoms with Crippen LogP contribution in [0.25, 0.3) is 6.08 Å². The molecule has 33 heavy (non-hydrogen) atoms. The zero-order valence-electron chi connectivity index (χ0n) is 20.5. The lowest BCUT2D eigenvalue weighted by Gasteiger charge is -2.45. The maximum absolute atomic E-state index is 13.0. The van der Waals surface area contributed by atoms with Crippen molar-refractivity contribution >= 4 is 11.9 Å². The molecule has 0 aromatic heterocycles. The van der Waals surface area contributed by atoms with E-state index in [1.807, 2.05) is 37.3 Å². The first-order chi connectivity index (χ1) is 15.6. The van der Waals surface area contributed by atoms with Gasteiger partial charge in [0.1, 0.15) is 0 Å². The second-order valence-electron chi connectivity index (χ2n) is 10.8. The summed E-state index contributed by atoms with van der Waals surface area (Å²) in [6, 6.07) is 16.5. The predicted octanol–water partition coefficient (Wildman–Crippen LogP) is 6.61. The van der Waals surface area contributed by atoms with Crippen molar-refractivity contribution in [1.29, 1.82) is 0 Å². The van der Waals surface area contributed by atoms with Crippen LogP contribution in [0.15, 0.2) is 65.3 Å². The highest BCUT2D eigenvalue weighted by Crippen LogP contribution is 2.50. The Morgan fingerprint density at radius 3 is 2.15 bits per heavy atom. The number of carbonyl (C=O) groups is 1. The van der Waals surface area contributed by atoms with Crippen molar-refractivity contribution in [2.45, 2.75) is 71.8 Å². The summed E-state index contributed by atoms with van der Waals surface area (Å²) < 4.78 is 0. The van der Waals surface area contributed by atoms with E-state index in [-0.39, 0.29) is 22.7 Å². The van der Waals surface area contributed by atoms with E-state index in [0.29, 0.717) is 6.42 Å². The third kappa shape index (κ3) is 4.75. The molecule has 2 aliphatic rings. The Morgan fingerprint density at radius 1 is 1.00 bits per heavy atom. The third-order valence-corrected chi connectivity index (χ3v) is 7.33. The molecular formula is C31H34O2. The van der Waals surface area contributed by atoms with E-state index in [1.54, 1.807) is 0 Å². The van der Waals surface area contributed by atoms with Crippen molar-refractivity contribution in [3.8, 4) is 11.8 Å². The lowest BCUT2D eigenvalue weighted by Crippen LogP contribution is -2.42. The fourth-order valence-corrected chi connectivity index (χ4v) is 5.15. The largest absolute Gasteiger partial charge is 0.392 e. The molecule has 0 spiro atoms. The molecule has 170 valence electrons. The van der Waals surface area contributed by atoms with Crippen LogP contribution in [0.2, 0.25) is 0 Å². The Bertz CT molecular complexity index is 1170. The lowest BCUT2D eigenvalue weighted by atomic mass is 9.61. The van der Waals surface area contributed by atoms with Gasteiger partial charge in [-0.15, -0.1) is 0 Å². The Hall–Kier alpha value is -2.89. The first kappa shape index (κ1) is 23.3. The van der Waals surface area contributed by atoms with E-state index in [9.17, 15) is 9.90 Å². The van der Waals surface area contributed by atoms with Crippen LogP contribution in [-0.2, 0) is 10.2 Å². The van der Waals surface area contributed by atoms with Gasteiger partial charge in [-0.3, -0.25) is 4.79 Å².